The fourth-order valence-corrected chi connectivity index (χ4v) is 2.27. The van der Waals surface area contributed by atoms with Crippen LogP contribution in [0.4, 0.5) is 0 Å². The zero-order valence-electron chi connectivity index (χ0n) is 11.2. The van der Waals surface area contributed by atoms with E-state index in [1.807, 2.05) is 0 Å². The molecule has 1 heterocycles. The second kappa shape index (κ2) is 7.67. The maximum Gasteiger partial charge on any atom is 0.220 e. The van der Waals surface area contributed by atoms with E-state index in [1.165, 1.54) is 25.9 Å². The van der Waals surface area contributed by atoms with Gasteiger partial charge in [-0.25, -0.2) is 0 Å². The van der Waals surface area contributed by atoms with Gasteiger partial charge in [0.15, 0.2) is 0 Å². The van der Waals surface area contributed by atoms with Crippen molar-refractivity contribution in [2.24, 2.45) is 17.6 Å². The van der Waals surface area contributed by atoms with Crippen molar-refractivity contribution in [2.75, 3.05) is 33.2 Å². The van der Waals surface area contributed by atoms with E-state index in [0.29, 0.717) is 25.4 Å². The van der Waals surface area contributed by atoms with Gasteiger partial charge in [-0.2, -0.15) is 0 Å². The van der Waals surface area contributed by atoms with Crippen molar-refractivity contribution >= 4 is 5.91 Å². The van der Waals surface area contributed by atoms with Crippen LogP contribution in [-0.2, 0) is 4.79 Å². The van der Waals surface area contributed by atoms with E-state index in [1.54, 1.807) is 0 Å². The molecule has 1 aliphatic heterocycles. The lowest BCUT2D eigenvalue weighted by Gasteiger charge is -2.11. The van der Waals surface area contributed by atoms with E-state index >= 15 is 0 Å². The van der Waals surface area contributed by atoms with Crippen LogP contribution in [0.25, 0.3) is 0 Å². The third-order valence-electron chi connectivity index (χ3n) is 3.56. The summed E-state index contributed by atoms with van der Waals surface area (Å²) >= 11 is 0. The summed E-state index contributed by atoms with van der Waals surface area (Å²) in [6, 6.07) is 0. The van der Waals surface area contributed by atoms with Gasteiger partial charge in [0.05, 0.1) is 0 Å². The van der Waals surface area contributed by atoms with Crippen LogP contribution in [0.15, 0.2) is 0 Å². The number of hydrogen-bond donors (Lipinski definition) is 2. The van der Waals surface area contributed by atoms with Crippen molar-refractivity contribution in [3.05, 3.63) is 0 Å². The highest BCUT2D eigenvalue weighted by molar-refractivity contribution is 5.75. The van der Waals surface area contributed by atoms with E-state index < -0.39 is 0 Å². The molecule has 1 saturated heterocycles. The molecule has 1 amide bonds. The van der Waals surface area contributed by atoms with Crippen LogP contribution in [0.1, 0.15) is 32.6 Å². The van der Waals surface area contributed by atoms with Gasteiger partial charge in [0, 0.05) is 19.5 Å². The quantitative estimate of drug-likeness (QED) is 0.694. The third kappa shape index (κ3) is 6.03. The summed E-state index contributed by atoms with van der Waals surface area (Å²) in [5.41, 5.74) is 5.50. The molecule has 1 aliphatic rings. The standard InChI is InChI=1S/C13H27N3O/c1-11(8-14)9-15-13(17)5-3-4-12-6-7-16(2)10-12/h11-12H,3-10,14H2,1-2H3,(H,15,17). The fraction of sp³-hybridized carbons (Fsp3) is 0.923. The predicted molar refractivity (Wildman–Crippen MR) is 70.7 cm³/mol. The maximum absolute atomic E-state index is 11.5. The van der Waals surface area contributed by atoms with Crippen molar-refractivity contribution in [3.63, 3.8) is 0 Å². The summed E-state index contributed by atoms with van der Waals surface area (Å²) in [6.45, 7) is 5.81. The molecule has 100 valence electrons. The van der Waals surface area contributed by atoms with Gasteiger partial charge in [-0.15, -0.1) is 0 Å². The molecule has 0 spiro atoms. The summed E-state index contributed by atoms with van der Waals surface area (Å²) in [5.74, 6) is 1.36. The van der Waals surface area contributed by atoms with Gasteiger partial charge in [-0.1, -0.05) is 6.92 Å². The molecule has 3 N–H and O–H groups in total. The molecule has 0 aliphatic carbocycles. The summed E-state index contributed by atoms with van der Waals surface area (Å²) in [5, 5.41) is 2.94. The molecule has 0 aromatic rings. The lowest BCUT2D eigenvalue weighted by atomic mass is 10.0. The number of rotatable bonds is 7. The molecule has 4 heteroatoms. The fourth-order valence-electron chi connectivity index (χ4n) is 2.27. The number of nitrogens with two attached hydrogens (primary N) is 1. The summed E-state index contributed by atoms with van der Waals surface area (Å²) in [7, 11) is 2.17. The smallest absolute Gasteiger partial charge is 0.220 e. The zero-order chi connectivity index (χ0) is 12.7. The van der Waals surface area contributed by atoms with Gasteiger partial charge >= 0.3 is 0 Å². The Morgan fingerprint density at radius 1 is 1.59 bits per heavy atom. The molecule has 0 radical (unpaired) electrons. The first kappa shape index (κ1) is 14.5. The SMILES string of the molecule is CC(CN)CNC(=O)CCCC1CCN(C)C1. The number of carbonyl (C=O) groups excluding carboxylic acids is 1. The molecule has 2 atom stereocenters. The Hall–Kier alpha value is -0.610. The van der Waals surface area contributed by atoms with Crippen LogP contribution in [0.2, 0.25) is 0 Å². The Morgan fingerprint density at radius 2 is 2.35 bits per heavy atom. The molecule has 2 unspecified atom stereocenters. The Bertz CT molecular complexity index is 233. The molecule has 4 nitrogen and oxygen atoms in total. The second-order valence-corrected chi connectivity index (χ2v) is 5.45. The van der Waals surface area contributed by atoms with Crippen molar-refractivity contribution in [1.82, 2.24) is 10.2 Å². The van der Waals surface area contributed by atoms with E-state index in [9.17, 15) is 4.79 Å². The van der Waals surface area contributed by atoms with Crippen LogP contribution >= 0.6 is 0 Å². The van der Waals surface area contributed by atoms with Crippen LogP contribution < -0.4 is 11.1 Å². The monoisotopic (exact) mass is 241 g/mol. The number of nitrogens with one attached hydrogen (secondary N) is 1. The van der Waals surface area contributed by atoms with E-state index in [4.69, 9.17) is 5.73 Å². The first-order valence-electron chi connectivity index (χ1n) is 6.77. The first-order chi connectivity index (χ1) is 8.11. The first-order valence-corrected chi connectivity index (χ1v) is 6.77. The molecule has 0 saturated carbocycles. The topological polar surface area (TPSA) is 58.4 Å². The number of likely N-dealkylation sites (tertiary alicyclic amines) is 1. The Kier molecular flexibility index (Phi) is 6.52. The summed E-state index contributed by atoms with van der Waals surface area (Å²) < 4.78 is 0. The lowest BCUT2D eigenvalue weighted by molar-refractivity contribution is -0.121. The minimum atomic E-state index is 0.177. The summed E-state index contributed by atoms with van der Waals surface area (Å²) in [6.07, 6.45) is 4.16. The minimum absolute atomic E-state index is 0.177. The molecule has 1 rings (SSSR count). The van der Waals surface area contributed by atoms with Crippen molar-refractivity contribution < 1.29 is 4.79 Å². The highest BCUT2D eigenvalue weighted by Crippen LogP contribution is 2.20. The maximum atomic E-state index is 11.5. The predicted octanol–water partition coefficient (Wildman–Crippen LogP) is 0.819. The number of amides is 1. The normalized spacial score (nSPS) is 22.6. The Labute approximate surface area is 105 Å². The van der Waals surface area contributed by atoms with Crippen LogP contribution in [0.5, 0.6) is 0 Å². The second-order valence-electron chi connectivity index (χ2n) is 5.45. The van der Waals surface area contributed by atoms with Gasteiger partial charge < -0.3 is 16.0 Å². The average molecular weight is 241 g/mol. The van der Waals surface area contributed by atoms with Gasteiger partial charge in [-0.05, 0) is 51.2 Å². The van der Waals surface area contributed by atoms with Crippen LogP contribution in [0.3, 0.4) is 0 Å². The van der Waals surface area contributed by atoms with E-state index in [0.717, 1.165) is 12.3 Å². The van der Waals surface area contributed by atoms with Gasteiger partial charge in [0.1, 0.15) is 0 Å². The molecule has 0 aromatic carbocycles. The van der Waals surface area contributed by atoms with Gasteiger partial charge in [0.2, 0.25) is 5.91 Å². The molecular weight excluding hydrogens is 214 g/mol. The van der Waals surface area contributed by atoms with Gasteiger partial charge in [0.25, 0.3) is 0 Å². The largest absolute Gasteiger partial charge is 0.356 e. The number of hydrogen-bond acceptors (Lipinski definition) is 3. The minimum Gasteiger partial charge on any atom is -0.356 e. The lowest BCUT2D eigenvalue weighted by Crippen LogP contribution is -2.31. The molecule has 0 bridgehead atoms. The number of nitrogens with zero attached hydrogens (tertiary/aromatic N) is 1. The highest BCUT2D eigenvalue weighted by Gasteiger charge is 2.18. The molecular formula is C13H27N3O. The van der Waals surface area contributed by atoms with Crippen LogP contribution in [-0.4, -0.2) is 44.0 Å². The van der Waals surface area contributed by atoms with E-state index in [2.05, 4.69) is 24.2 Å². The summed E-state index contributed by atoms with van der Waals surface area (Å²) in [4.78, 5) is 13.9. The van der Waals surface area contributed by atoms with E-state index in [-0.39, 0.29) is 5.91 Å². The molecule has 1 fully saturated rings. The Balaban J connectivity index is 2.00. The number of carbonyl (C=O) groups is 1. The molecule has 17 heavy (non-hydrogen) atoms. The Morgan fingerprint density at radius 3 is 2.94 bits per heavy atom. The van der Waals surface area contributed by atoms with Crippen LogP contribution in [0, 0.1) is 11.8 Å². The third-order valence-corrected chi connectivity index (χ3v) is 3.56. The zero-order valence-corrected chi connectivity index (χ0v) is 11.2. The van der Waals surface area contributed by atoms with Gasteiger partial charge in [-0.3, -0.25) is 4.79 Å². The highest BCUT2D eigenvalue weighted by atomic mass is 16.1. The van der Waals surface area contributed by atoms with Crippen molar-refractivity contribution in [2.45, 2.75) is 32.6 Å². The molecule has 0 aromatic heterocycles. The average Bonchev–Trinajstić information content (AvgIpc) is 2.72. The van der Waals surface area contributed by atoms with Crippen molar-refractivity contribution in [1.29, 1.82) is 0 Å². The van der Waals surface area contributed by atoms with Crippen molar-refractivity contribution in [3.8, 4) is 0 Å².